The van der Waals surface area contributed by atoms with E-state index in [9.17, 15) is 4.79 Å². The molecule has 1 spiro atoms. The Balaban J connectivity index is 1.77. The van der Waals surface area contributed by atoms with Crippen molar-refractivity contribution in [2.24, 2.45) is 4.99 Å². The minimum Gasteiger partial charge on any atom is -0.271 e. The Bertz CT molecular complexity index is 984. The number of rotatable bonds is 2. The quantitative estimate of drug-likeness (QED) is 0.434. The molecule has 0 N–H and O–H groups in total. The van der Waals surface area contributed by atoms with Crippen LogP contribution in [0, 0.1) is 0 Å². The van der Waals surface area contributed by atoms with Gasteiger partial charge in [-0.25, -0.2) is 0 Å². The molecule has 0 saturated heterocycles. The van der Waals surface area contributed by atoms with Gasteiger partial charge in [-0.2, -0.15) is 0 Å². The van der Waals surface area contributed by atoms with Crippen LogP contribution in [0.4, 0.5) is 0 Å². The second kappa shape index (κ2) is 7.86. The van der Waals surface area contributed by atoms with E-state index in [2.05, 4.69) is 15.9 Å². The fraction of sp³-hybridized carbons (Fsp3) is 0.286. The molecule has 1 aliphatic heterocycles. The summed E-state index contributed by atoms with van der Waals surface area (Å²) in [5, 5.41) is 0.769. The normalized spacial score (nSPS) is 18.5. The lowest BCUT2D eigenvalue weighted by molar-refractivity contribution is 0.0648. The number of halogens is 3. The van der Waals surface area contributed by atoms with Crippen molar-refractivity contribution in [1.29, 1.82) is 0 Å². The summed E-state index contributed by atoms with van der Waals surface area (Å²) in [5.74, 6) is -0.179. The minimum atomic E-state index is -0.610. The molecule has 144 valence electrons. The molecule has 0 atom stereocenters. The lowest BCUT2D eigenvalue weighted by atomic mass is 9.88. The van der Waals surface area contributed by atoms with Crippen molar-refractivity contribution in [2.45, 2.75) is 37.8 Å². The maximum Gasteiger partial charge on any atom is 0.261 e. The molecule has 4 rings (SSSR count). The second-order valence-corrected chi connectivity index (χ2v) is 9.20. The lowest BCUT2D eigenvalue weighted by Gasteiger charge is -2.38. The number of amides is 1. The molecule has 0 radical (unpaired) electrons. The fourth-order valence-electron chi connectivity index (χ4n) is 3.89. The summed E-state index contributed by atoms with van der Waals surface area (Å²) in [4.78, 5) is 20.7. The number of thiocarbonyl (C=S) groups is 1. The Hall–Kier alpha value is -1.27. The van der Waals surface area contributed by atoms with E-state index in [1.165, 1.54) is 0 Å². The zero-order valence-electron chi connectivity index (χ0n) is 14.9. The number of nitrogens with zero attached hydrogens (tertiary/aromatic N) is 2. The molecular formula is C21H17BrCl2N2OS. The summed E-state index contributed by atoms with van der Waals surface area (Å²) in [6.45, 7) is 0. The first-order valence-electron chi connectivity index (χ1n) is 9.11. The van der Waals surface area contributed by atoms with Crippen molar-refractivity contribution < 1.29 is 4.79 Å². The SMILES string of the molecule is O=C(c1ccc(Cl)c(Cl)c1)N1C(=S)C(c2ccc(Br)cc2)=NC12CCCCC2. The van der Waals surface area contributed by atoms with Crippen LogP contribution >= 0.6 is 51.3 Å². The standard InChI is InChI=1S/C21H17BrCl2N2OS/c22-15-7-4-13(5-8-15)18-20(28)26(21(25-18)10-2-1-3-11-21)19(27)14-6-9-16(23)17(24)12-14/h4-9,12H,1-3,10-11H2. The van der Waals surface area contributed by atoms with Crippen molar-refractivity contribution in [1.82, 2.24) is 4.90 Å². The summed E-state index contributed by atoms with van der Waals surface area (Å²) >= 11 is 21.4. The molecule has 0 aromatic heterocycles. The predicted octanol–water partition coefficient (Wildman–Crippen LogP) is 6.69. The molecule has 7 heteroatoms. The molecule has 28 heavy (non-hydrogen) atoms. The topological polar surface area (TPSA) is 32.7 Å². The largest absolute Gasteiger partial charge is 0.271 e. The molecule has 3 nitrogen and oxygen atoms in total. The van der Waals surface area contributed by atoms with Gasteiger partial charge in [0, 0.05) is 15.6 Å². The first kappa shape index (κ1) is 20.0. The van der Waals surface area contributed by atoms with Gasteiger partial charge in [-0.05, 0) is 56.0 Å². The Morgan fingerprint density at radius 1 is 1.04 bits per heavy atom. The second-order valence-electron chi connectivity index (χ2n) is 7.09. The highest BCUT2D eigenvalue weighted by Gasteiger charge is 2.49. The minimum absolute atomic E-state index is 0.179. The third-order valence-electron chi connectivity index (χ3n) is 5.28. The average Bonchev–Trinajstić information content (AvgIpc) is 2.96. The highest BCUT2D eigenvalue weighted by molar-refractivity contribution is 9.10. The summed E-state index contributed by atoms with van der Waals surface area (Å²) in [7, 11) is 0. The monoisotopic (exact) mass is 494 g/mol. The van der Waals surface area contributed by atoms with Gasteiger partial charge in [0.2, 0.25) is 0 Å². The Kier molecular flexibility index (Phi) is 5.62. The number of aliphatic imine (C=N–C) groups is 1. The number of carbonyl (C=O) groups is 1. The molecule has 0 unspecified atom stereocenters. The Morgan fingerprint density at radius 3 is 2.36 bits per heavy atom. The van der Waals surface area contributed by atoms with Gasteiger partial charge in [-0.1, -0.05) is 69.9 Å². The van der Waals surface area contributed by atoms with Gasteiger partial charge in [0.25, 0.3) is 5.91 Å². The maximum absolute atomic E-state index is 13.5. The van der Waals surface area contributed by atoms with Gasteiger partial charge in [0.1, 0.15) is 16.4 Å². The molecule has 2 aromatic rings. The van der Waals surface area contributed by atoms with Crippen molar-refractivity contribution in [3.8, 4) is 0 Å². The third kappa shape index (κ3) is 3.54. The van der Waals surface area contributed by atoms with Crippen molar-refractivity contribution in [3.63, 3.8) is 0 Å². The van der Waals surface area contributed by atoms with E-state index in [4.69, 9.17) is 40.4 Å². The summed E-state index contributed by atoms with van der Waals surface area (Å²) in [6, 6.07) is 12.8. The first-order valence-corrected chi connectivity index (χ1v) is 11.1. The van der Waals surface area contributed by atoms with Crippen LogP contribution in [-0.4, -0.2) is 27.2 Å². The maximum atomic E-state index is 13.5. The van der Waals surface area contributed by atoms with Crippen LogP contribution in [0.25, 0.3) is 0 Å². The average molecular weight is 496 g/mol. The predicted molar refractivity (Wildman–Crippen MR) is 122 cm³/mol. The Morgan fingerprint density at radius 2 is 1.71 bits per heavy atom. The highest BCUT2D eigenvalue weighted by Crippen LogP contribution is 2.41. The molecular weight excluding hydrogens is 479 g/mol. The van der Waals surface area contributed by atoms with E-state index in [-0.39, 0.29) is 5.91 Å². The summed E-state index contributed by atoms with van der Waals surface area (Å²) in [5.41, 5.74) is 1.48. The molecule has 1 saturated carbocycles. The van der Waals surface area contributed by atoms with Crippen LogP contribution in [0.2, 0.25) is 10.0 Å². The number of hydrogen-bond acceptors (Lipinski definition) is 3. The van der Waals surface area contributed by atoms with Gasteiger partial charge in [0.15, 0.2) is 0 Å². The molecule has 2 aromatic carbocycles. The highest BCUT2D eigenvalue weighted by atomic mass is 79.9. The van der Waals surface area contributed by atoms with Gasteiger partial charge in [-0.3, -0.25) is 14.7 Å². The molecule has 1 fully saturated rings. The Labute approximate surface area is 187 Å². The first-order chi connectivity index (χ1) is 13.4. The zero-order chi connectivity index (χ0) is 19.9. The summed E-state index contributed by atoms with van der Waals surface area (Å²) in [6.07, 6.45) is 4.79. The van der Waals surface area contributed by atoms with E-state index in [0.717, 1.165) is 42.1 Å². The lowest BCUT2D eigenvalue weighted by Crippen LogP contribution is -2.50. The van der Waals surface area contributed by atoms with Crippen molar-refractivity contribution in [2.75, 3.05) is 0 Å². The van der Waals surface area contributed by atoms with E-state index in [0.29, 0.717) is 26.3 Å². The number of carbonyl (C=O) groups excluding carboxylic acids is 1. The third-order valence-corrected chi connectivity index (χ3v) is 6.93. The van der Waals surface area contributed by atoms with E-state index < -0.39 is 5.66 Å². The molecule has 0 bridgehead atoms. The number of hydrogen-bond donors (Lipinski definition) is 0. The van der Waals surface area contributed by atoms with Crippen LogP contribution in [0.15, 0.2) is 51.9 Å². The summed E-state index contributed by atoms with van der Waals surface area (Å²) < 4.78 is 0.983. The van der Waals surface area contributed by atoms with Crippen LogP contribution in [0.5, 0.6) is 0 Å². The van der Waals surface area contributed by atoms with Gasteiger partial charge in [-0.15, -0.1) is 0 Å². The molecule has 2 aliphatic rings. The van der Waals surface area contributed by atoms with Gasteiger partial charge < -0.3 is 0 Å². The number of benzene rings is 2. The fourth-order valence-corrected chi connectivity index (χ4v) is 4.87. The van der Waals surface area contributed by atoms with E-state index >= 15 is 0 Å². The zero-order valence-corrected chi connectivity index (χ0v) is 18.8. The van der Waals surface area contributed by atoms with E-state index in [1.807, 2.05) is 24.3 Å². The molecule has 1 aliphatic carbocycles. The van der Waals surface area contributed by atoms with Crippen molar-refractivity contribution in [3.05, 3.63) is 68.1 Å². The molecule has 1 amide bonds. The van der Waals surface area contributed by atoms with E-state index in [1.54, 1.807) is 23.1 Å². The van der Waals surface area contributed by atoms with Gasteiger partial charge in [0.05, 0.1) is 10.0 Å². The van der Waals surface area contributed by atoms with Crippen LogP contribution in [-0.2, 0) is 0 Å². The van der Waals surface area contributed by atoms with Gasteiger partial charge >= 0.3 is 0 Å². The van der Waals surface area contributed by atoms with Crippen molar-refractivity contribution >= 4 is 68.0 Å². The van der Waals surface area contributed by atoms with Crippen LogP contribution in [0.3, 0.4) is 0 Å². The smallest absolute Gasteiger partial charge is 0.261 e. The molecule has 1 heterocycles. The van der Waals surface area contributed by atoms with Crippen LogP contribution in [0.1, 0.15) is 48.0 Å². The van der Waals surface area contributed by atoms with Crippen LogP contribution < -0.4 is 0 Å².